The van der Waals surface area contributed by atoms with Gasteiger partial charge in [0.1, 0.15) is 5.75 Å². The summed E-state index contributed by atoms with van der Waals surface area (Å²) >= 11 is 6.09. The molecule has 0 amide bonds. The van der Waals surface area contributed by atoms with Crippen molar-refractivity contribution in [2.75, 3.05) is 6.61 Å². The Hall–Kier alpha value is -1.49. The molecule has 0 saturated heterocycles. The maximum absolute atomic E-state index is 12.2. The van der Waals surface area contributed by atoms with Gasteiger partial charge in [0.2, 0.25) is 0 Å². The fourth-order valence-corrected chi connectivity index (χ4v) is 2.14. The lowest BCUT2D eigenvalue weighted by Gasteiger charge is -2.13. The summed E-state index contributed by atoms with van der Waals surface area (Å²) in [7, 11) is 0. The quantitative estimate of drug-likeness (QED) is 0.815. The van der Waals surface area contributed by atoms with Crippen LogP contribution in [0.2, 0.25) is 5.02 Å². The molecule has 0 aliphatic rings. The Bertz CT molecular complexity index is 625. The minimum Gasteiger partial charge on any atom is -0.483 e. The van der Waals surface area contributed by atoms with Crippen LogP contribution < -0.4 is 4.74 Å². The molecule has 0 bridgehead atoms. The molecule has 0 unspecified atom stereocenters. The third-order valence-electron chi connectivity index (χ3n) is 2.60. The van der Waals surface area contributed by atoms with Gasteiger partial charge in [0, 0.05) is 5.69 Å². The van der Waals surface area contributed by atoms with E-state index in [2.05, 4.69) is 4.98 Å². The van der Waals surface area contributed by atoms with Crippen LogP contribution in [0.4, 0.5) is 13.2 Å². The minimum atomic E-state index is -4.39. The van der Waals surface area contributed by atoms with Gasteiger partial charge in [-0.2, -0.15) is 13.2 Å². The van der Waals surface area contributed by atoms with Crippen LogP contribution in [-0.4, -0.2) is 17.8 Å². The van der Waals surface area contributed by atoms with E-state index >= 15 is 0 Å². The van der Waals surface area contributed by atoms with Crippen molar-refractivity contribution in [3.05, 3.63) is 34.5 Å². The molecule has 0 fully saturated rings. The summed E-state index contributed by atoms with van der Waals surface area (Å²) < 4.78 is 41.4. The van der Waals surface area contributed by atoms with E-state index in [1.54, 1.807) is 19.1 Å². The number of aryl methyl sites for hydroxylation is 2. The normalized spacial score (nSPS) is 11.9. The fraction of sp³-hybridized carbons (Fsp3) is 0.308. The molecule has 19 heavy (non-hydrogen) atoms. The van der Waals surface area contributed by atoms with Crippen molar-refractivity contribution >= 4 is 22.5 Å². The van der Waals surface area contributed by atoms with Gasteiger partial charge in [-0.25, -0.2) is 0 Å². The summed E-state index contributed by atoms with van der Waals surface area (Å²) in [5.74, 6) is 0.0930. The van der Waals surface area contributed by atoms with Gasteiger partial charge >= 0.3 is 6.18 Å². The third kappa shape index (κ3) is 3.10. The molecule has 0 saturated carbocycles. The number of nitrogens with zero attached hydrogens (tertiary/aromatic N) is 1. The second kappa shape index (κ2) is 4.89. The second-order valence-corrected chi connectivity index (χ2v) is 4.66. The molecule has 2 nitrogen and oxygen atoms in total. The molecule has 1 aromatic heterocycles. The van der Waals surface area contributed by atoms with E-state index < -0.39 is 12.8 Å². The van der Waals surface area contributed by atoms with Crippen LogP contribution in [0.3, 0.4) is 0 Å². The average molecular weight is 290 g/mol. The molecule has 0 radical (unpaired) electrons. The van der Waals surface area contributed by atoms with Crippen molar-refractivity contribution in [2.45, 2.75) is 20.0 Å². The molecule has 6 heteroatoms. The predicted molar refractivity (Wildman–Crippen MR) is 67.8 cm³/mol. The summed E-state index contributed by atoms with van der Waals surface area (Å²) in [6, 6.07) is 4.74. The maximum Gasteiger partial charge on any atom is 0.422 e. The van der Waals surface area contributed by atoms with Gasteiger partial charge in [-0.05, 0) is 31.5 Å². The van der Waals surface area contributed by atoms with Gasteiger partial charge in [-0.15, -0.1) is 0 Å². The SMILES string of the molecule is Cc1cc(Cl)c2c(OCC(F)(F)F)ccc(C)c2n1. The Morgan fingerprint density at radius 2 is 1.95 bits per heavy atom. The first-order valence-corrected chi connectivity index (χ1v) is 5.92. The lowest BCUT2D eigenvalue weighted by molar-refractivity contribution is -0.153. The number of halogens is 4. The molecule has 2 aromatic rings. The first-order valence-electron chi connectivity index (χ1n) is 5.54. The molecule has 0 atom stereocenters. The van der Waals surface area contributed by atoms with E-state index in [9.17, 15) is 13.2 Å². The van der Waals surface area contributed by atoms with Crippen molar-refractivity contribution in [1.29, 1.82) is 0 Å². The molecular weight excluding hydrogens is 279 g/mol. The maximum atomic E-state index is 12.2. The van der Waals surface area contributed by atoms with Crippen LogP contribution in [0.5, 0.6) is 5.75 Å². The number of hydrogen-bond acceptors (Lipinski definition) is 2. The van der Waals surface area contributed by atoms with Gasteiger partial charge in [-0.3, -0.25) is 4.98 Å². The molecular formula is C13H11ClF3NO. The first-order chi connectivity index (χ1) is 8.78. The van der Waals surface area contributed by atoms with E-state index in [0.717, 1.165) is 5.56 Å². The van der Waals surface area contributed by atoms with Gasteiger partial charge in [0.25, 0.3) is 0 Å². The highest BCUT2D eigenvalue weighted by Gasteiger charge is 2.29. The van der Waals surface area contributed by atoms with Crippen LogP contribution in [-0.2, 0) is 0 Å². The molecule has 2 rings (SSSR count). The Kier molecular flexibility index (Phi) is 3.58. The highest BCUT2D eigenvalue weighted by atomic mass is 35.5. The van der Waals surface area contributed by atoms with Crippen LogP contribution in [0.15, 0.2) is 18.2 Å². The van der Waals surface area contributed by atoms with Crippen LogP contribution in [0.25, 0.3) is 10.9 Å². The first kappa shape index (κ1) is 13.9. The van der Waals surface area contributed by atoms with E-state index in [0.29, 0.717) is 21.6 Å². The smallest absolute Gasteiger partial charge is 0.422 e. The zero-order valence-electron chi connectivity index (χ0n) is 10.3. The van der Waals surface area contributed by atoms with E-state index in [4.69, 9.17) is 16.3 Å². The number of benzene rings is 1. The Morgan fingerprint density at radius 1 is 1.26 bits per heavy atom. The largest absolute Gasteiger partial charge is 0.483 e. The Labute approximate surface area is 113 Å². The summed E-state index contributed by atoms with van der Waals surface area (Å²) in [4.78, 5) is 4.30. The number of ether oxygens (including phenoxy) is 1. The standard InChI is InChI=1S/C13H11ClF3NO/c1-7-3-4-10(19-6-13(15,16)17)11-9(14)5-8(2)18-12(7)11/h3-5H,6H2,1-2H3. The number of rotatable bonds is 2. The second-order valence-electron chi connectivity index (χ2n) is 4.25. The average Bonchev–Trinajstić information content (AvgIpc) is 2.27. The number of aromatic nitrogens is 1. The summed E-state index contributed by atoms with van der Waals surface area (Å²) in [5, 5.41) is 0.750. The summed E-state index contributed by atoms with van der Waals surface area (Å²) in [6.07, 6.45) is -4.39. The molecule has 102 valence electrons. The van der Waals surface area contributed by atoms with Crippen molar-refractivity contribution in [3.8, 4) is 5.75 Å². The molecule has 0 N–H and O–H groups in total. The monoisotopic (exact) mass is 289 g/mol. The highest BCUT2D eigenvalue weighted by molar-refractivity contribution is 6.36. The third-order valence-corrected chi connectivity index (χ3v) is 2.89. The molecule has 1 heterocycles. The van der Waals surface area contributed by atoms with Crippen LogP contribution >= 0.6 is 11.6 Å². The van der Waals surface area contributed by atoms with Crippen LogP contribution in [0, 0.1) is 13.8 Å². The number of hydrogen-bond donors (Lipinski definition) is 0. The number of pyridine rings is 1. The minimum absolute atomic E-state index is 0.0930. The van der Waals surface area contributed by atoms with Crippen molar-refractivity contribution in [3.63, 3.8) is 0 Å². The summed E-state index contributed by atoms with van der Waals surface area (Å²) in [6.45, 7) is 2.24. The predicted octanol–water partition coefficient (Wildman–Crippen LogP) is 4.45. The van der Waals surface area contributed by atoms with Crippen molar-refractivity contribution < 1.29 is 17.9 Å². The van der Waals surface area contributed by atoms with Gasteiger partial charge in [-0.1, -0.05) is 17.7 Å². The zero-order valence-corrected chi connectivity index (χ0v) is 11.1. The van der Waals surface area contributed by atoms with E-state index in [-0.39, 0.29) is 5.75 Å². The lowest BCUT2D eigenvalue weighted by atomic mass is 10.1. The van der Waals surface area contributed by atoms with Gasteiger partial charge in [0.15, 0.2) is 6.61 Å². The Balaban J connectivity index is 2.54. The van der Waals surface area contributed by atoms with Gasteiger partial charge in [0.05, 0.1) is 15.9 Å². The number of fused-ring (bicyclic) bond motifs is 1. The van der Waals surface area contributed by atoms with Crippen molar-refractivity contribution in [1.82, 2.24) is 4.98 Å². The molecule has 0 aliphatic carbocycles. The fourth-order valence-electron chi connectivity index (χ4n) is 1.80. The lowest BCUT2D eigenvalue weighted by Crippen LogP contribution is -2.19. The highest BCUT2D eigenvalue weighted by Crippen LogP contribution is 2.34. The number of alkyl halides is 3. The molecule has 0 spiro atoms. The van der Waals surface area contributed by atoms with E-state index in [1.807, 2.05) is 6.92 Å². The topological polar surface area (TPSA) is 22.1 Å². The summed E-state index contributed by atoms with van der Waals surface area (Å²) in [5.41, 5.74) is 2.10. The van der Waals surface area contributed by atoms with E-state index in [1.165, 1.54) is 6.07 Å². The van der Waals surface area contributed by atoms with Crippen LogP contribution in [0.1, 0.15) is 11.3 Å². The molecule has 1 aromatic carbocycles. The van der Waals surface area contributed by atoms with Gasteiger partial charge < -0.3 is 4.74 Å². The molecule has 0 aliphatic heterocycles. The Morgan fingerprint density at radius 3 is 2.58 bits per heavy atom. The zero-order chi connectivity index (χ0) is 14.2. The van der Waals surface area contributed by atoms with Crippen molar-refractivity contribution in [2.24, 2.45) is 0 Å².